The summed E-state index contributed by atoms with van der Waals surface area (Å²) in [4.78, 5) is 26.2. The van der Waals surface area contributed by atoms with Crippen molar-refractivity contribution in [3.05, 3.63) is 63.4 Å². The third kappa shape index (κ3) is 2.41. The van der Waals surface area contributed by atoms with Crippen LogP contribution in [0.4, 0.5) is 4.39 Å². The van der Waals surface area contributed by atoms with E-state index in [1.54, 1.807) is 24.3 Å². The molecule has 5 nitrogen and oxygen atoms in total. The highest BCUT2D eigenvalue weighted by Gasteiger charge is 2.38. The molecule has 0 aromatic heterocycles. The van der Waals surface area contributed by atoms with Crippen molar-refractivity contribution >= 4 is 23.4 Å². The van der Waals surface area contributed by atoms with Gasteiger partial charge in [0.25, 0.3) is 11.8 Å². The number of nitrogens with zero attached hydrogens (tertiary/aromatic N) is 1. The van der Waals surface area contributed by atoms with Gasteiger partial charge in [0.1, 0.15) is 0 Å². The Balaban J connectivity index is 1.71. The molecule has 2 aromatic rings. The lowest BCUT2D eigenvalue weighted by Crippen LogP contribution is -2.41. The molecule has 128 valence electrons. The summed E-state index contributed by atoms with van der Waals surface area (Å²) < 4.78 is 13.9. The van der Waals surface area contributed by atoms with E-state index in [9.17, 15) is 19.1 Å². The van der Waals surface area contributed by atoms with Gasteiger partial charge in [0.05, 0.1) is 17.2 Å². The SMILES string of the molecule is O=C1c2ccccc2C(=O)N1CC1NCCc2c(Cl)cc(F)c(O)c21. The summed E-state index contributed by atoms with van der Waals surface area (Å²) in [5.74, 6) is -2.10. The number of phenols is 1. The van der Waals surface area contributed by atoms with Crippen molar-refractivity contribution in [3.63, 3.8) is 0 Å². The van der Waals surface area contributed by atoms with Gasteiger partial charge in [0, 0.05) is 17.1 Å². The molecule has 1 atom stereocenters. The maximum absolute atomic E-state index is 13.9. The molecule has 0 bridgehead atoms. The van der Waals surface area contributed by atoms with E-state index in [0.717, 1.165) is 11.0 Å². The zero-order valence-corrected chi connectivity index (χ0v) is 13.8. The number of benzene rings is 2. The van der Waals surface area contributed by atoms with Crippen molar-refractivity contribution in [2.45, 2.75) is 12.5 Å². The fourth-order valence-corrected chi connectivity index (χ4v) is 3.81. The topological polar surface area (TPSA) is 69.6 Å². The molecule has 0 saturated heterocycles. The molecule has 0 spiro atoms. The smallest absolute Gasteiger partial charge is 0.261 e. The van der Waals surface area contributed by atoms with E-state index < -0.39 is 29.4 Å². The van der Waals surface area contributed by atoms with Crippen molar-refractivity contribution in [2.75, 3.05) is 13.1 Å². The van der Waals surface area contributed by atoms with Gasteiger partial charge in [-0.05, 0) is 36.7 Å². The number of imide groups is 1. The number of phenolic OH excluding ortho intramolecular Hbond substituents is 1. The van der Waals surface area contributed by atoms with Gasteiger partial charge in [-0.25, -0.2) is 4.39 Å². The number of rotatable bonds is 2. The number of aromatic hydroxyl groups is 1. The third-order valence-electron chi connectivity index (χ3n) is 4.71. The first-order valence-corrected chi connectivity index (χ1v) is 8.25. The molecule has 2 aliphatic heterocycles. The standard InChI is InChI=1S/C18H14ClFN2O3/c19-12-7-13(20)16(23)15-11(12)5-6-21-14(15)8-22-17(24)9-3-1-2-4-10(9)18(22)25/h1-4,7,14,21,23H,5-6,8H2. The first-order valence-electron chi connectivity index (χ1n) is 7.87. The number of hydrogen-bond acceptors (Lipinski definition) is 4. The monoisotopic (exact) mass is 360 g/mol. The second kappa shape index (κ2) is 5.82. The fourth-order valence-electron chi connectivity index (χ4n) is 3.51. The number of nitrogens with one attached hydrogen (secondary N) is 1. The highest BCUT2D eigenvalue weighted by atomic mass is 35.5. The first kappa shape index (κ1) is 16.1. The van der Waals surface area contributed by atoms with Crippen LogP contribution >= 0.6 is 11.6 Å². The van der Waals surface area contributed by atoms with Crippen LogP contribution in [0, 0.1) is 5.82 Å². The van der Waals surface area contributed by atoms with E-state index in [4.69, 9.17) is 11.6 Å². The van der Waals surface area contributed by atoms with Crippen molar-refractivity contribution < 1.29 is 19.1 Å². The number of carbonyl (C=O) groups is 2. The number of halogens is 2. The van der Waals surface area contributed by atoms with Crippen molar-refractivity contribution in [2.24, 2.45) is 0 Å². The van der Waals surface area contributed by atoms with Crippen LogP contribution in [-0.4, -0.2) is 34.9 Å². The molecule has 0 aliphatic carbocycles. The number of amides is 2. The first-order chi connectivity index (χ1) is 12.0. The molecule has 2 aliphatic rings. The average Bonchev–Trinajstić information content (AvgIpc) is 2.85. The largest absolute Gasteiger partial charge is 0.505 e. The quantitative estimate of drug-likeness (QED) is 0.808. The maximum atomic E-state index is 13.9. The van der Waals surface area contributed by atoms with E-state index in [0.29, 0.717) is 35.2 Å². The van der Waals surface area contributed by atoms with Crippen LogP contribution in [0.2, 0.25) is 5.02 Å². The normalized spacial score (nSPS) is 19.1. The molecule has 0 radical (unpaired) electrons. The Kier molecular flexibility index (Phi) is 3.74. The average molecular weight is 361 g/mol. The molecule has 2 N–H and O–H groups in total. The van der Waals surface area contributed by atoms with Crippen LogP contribution < -0.4 is 5.32 Å². The molecule has 1 unspecified atom stereocenters. The lowest BCUT2D eigenvalue weighted by molar-refractivity contribution is 0.0636. The van der Waals surface area contributed by atoms with Crippen LogP contribution in [0.1, 0.15) is 37.9 Å². The van der Waals surface area contributed by atoms with Crippen LogP contribution in [-0.2, 0) is 6.42 Å². The highest BCUT2D eigenvalue weighted by Crippen LogP contribution is 2.38. The maximum Gasteiger partial charge on any atom is 0.261 e. The van der Waals surface area contributed by atoms with E-state index in [1.807, 2.05) is 0 Å². The Morgan fingerprint density at radius 2 is 1.88 bits per heavy atom. The van der Waals surface area contributed by atoms with Crippen LogP contribution in [0.5, 0.6) is 5.75 Å². The van der Waals surface area contributed by atoms with Gasteiger partial charge in [-0.3, -0.25) is 14.5 Å². The predicted molar refractivity (Wildman–Crippen MR) is 89.3 cm³/mol. The summed E-state index contributed by atoms with van der Waals surface area (Å²) in [6.45, 7) is 0.540. The number of fused-ring (bicyclic) bond motifs is 2. The molecule has 0 fully saturated rings. The van der Waals surface area contributed by atoms with Gasteiger partial charge < -0.3 is 10.4 Å². The zero-order chi connectivity index (χ0) is 17.7. The summed E-state index contributed by atoms with van der Waals surface area (Å²) in [6, 6.07) is 7.10. The van der Waals surface area contributed by atoms with Gasteiger partial charge in [0.2, 0.25) is 0 Å². The molecule has 0 saturated carbocycles. The van der Waals surface area contributed by atoms with E-state index in [-0.39, 0.29) is 11.6 Å². The molecule has 2 amide bonds. The molecule has 7 heteroatoms. The third-order valence-corrected chi connectivity index (χ3v) is 5.04. The predicted octanol–water partition coefficient (Wildman–Crippen LogP) is 2.67. The molecule has 2 aromatic carbocycles. The van der Waals surface area contributed by atoms with Gasteiger partial charge in [0.15, 0.2) is 11.6 Å². The van der Waals surface area contributed by atoms with E-state index in [1.165, 1.54) is 0 Å². The lowest BCUT2D eigenvalue weighted by Gasteiger charge is -2.31. The van der Waals surface area contributed by atoms with Gasteiger partial charge in [-0.15, -0.1) is 0 Å². The number of hydrogen-bond donors (Lipinski definition) is 2. The lowest BCUT2D eigenvalue weighted by atomic mass is 9.92. The van der Waals surface area contributed by atoms with Crippen molar-refractivity contribution in [1.82, 2.24) is 10.2 Å². The zero-order valence-electron chi connectivity index (χ0n) is 13.1. The van der Waals surface area contributed by atoms with E-state index >= 15 is 0 Å². The van der Waals surface area contributed by atoms with Gasteiger partial charge in [-0.2, -0.15) is 0 Å². The minimum Gasteiger partial charge on any atom is -0.505 e. The van der Waals surface area contributed by atoms with E-state index in [2.05, 4.69) is 5.32 Å². The summed E-state index contributed by atoms with van der Waals surface area (Å²) in [7, 11) is 0. The number of carbonyl (C=O) groups excluding carboxylic acids is 2. The fraction of sp³-hybridized carbons (Fsp3) is 0.222. The Morgan fingerprint density at radius 1 is 1.24 bits per heavy atom. The van der Waals surface area contributed by atoms with Gasteiger partial charge in [-0.1, -0.05) is 23.7 Å². The van der Waals surface area contributed by atoms with Crippen molar-refractivity contribution in [1.29, 1.82) is 0 Å². The summed E-state index contributed by atoms with van der Waals surface area (Å²) in [5.41, 5.74) is 1.66. The van der Waals surface area contributed by atoms with Crippen molar-refractivity contribution in [3.8, 4) is 5.75 Å². The molecule has 4 rings (SSSR count). The van der Waals surface area contributed by atoms with Crippen LogP contribution in [0.15, 0.2) is 30.3 Å². The Labute approximate surface area is 148 Å². The Morgan fingerprint density at radius 3 is 2.52 bits per heavy atom. The van der Waals surface area contributed by atoms with Crippen LogP contribution in [0.3, 0.4) is 0 Å². The minimum atomic E-state index is -0.820. The second-order valence-electron chi connectivity index (χ2n) is 6.10. The highest BCUT2D eigenvalue weighted by molar-refractivity contribution is 6.31. The summed E-state index contributed by atoms with van der Waals surface area (Å²) in [5, 5.41) is 13.5. The molecule has 25 heavy (non-hydrogen) atoms. The summed E-state index contributed by atoms with van der Waals surface area (Å²) in [6.07, 6.45) is 0.528. The Bertz CT molecular complexity index is 880. The summed E-state index contributed by atoms with van der Waals surface area (Å²) >= 11 is 6.11. The minimum absolute atomic E-state index is 0.00725. The molecular formula is C18H14ClFN2O3. The van der Waals surface area contributed by atoms with Gasteiger partial charge >= 0.3 is 0 Å². The molecular weight excluding hydrogens is 347 g/mol. The van der Waals surface area contributed by atoms with Crippen LogP contribution in [0.25, 0.3) is 0 Å². The molecule has 2 heterocycles. The second-order valence-corrected chi connectivity index (χ2v) is 6.51. The Hall–Kier alpha value is -2.44.